The van der Waals surface area contributed by atoms with Gasteiger partial charge in [-0.05, 0) is 24.6 Å². The molecule has 0 fully saturated rings. The van der Waals surface area contributed by atoms with Crippen LogP contribution >= 0.6 is 0 Å². The molecular weight excluding hydrogens is 252 g/mol. The number of benzene rings is 1. The molecule has 3 aromatic rings. The summed E-state index contributed by atoms with van der Waals surface area (Å²) in [6.45, 7) is 1.95. The number of hydrogen-bond donors (Lipinski definition) is 3. The number of nitrogens with zero attached hydrogens (tertiary/aromatic N) is 1. The molecular formula is C15H14N4O. The van der Waals surface area contributed by atoms with E-state index in [-0.39, 0.29) is 0 Å². The van der Waals surface area contributed by atoms with Crippen LogP contribution in [0.2, 0.25) is 0 Å². The lowest BCUT2D eigenvalue weighted by molar-refractivity contribution is 0.100. The number of carbonyl (C=O) groups is 1. The van der Waals surface area contributed by atoms with Gasteiger partial charge in [-0.2, -0.15) is 0 Å². The fourth-order valence-electron chi connectivity index (χ4n) is 2.36. The molecule has 2 aromatic heterocycles. The summed E-state index contributed by atoms with van der Waals surface area (Å²) in [6.07, 6.45) is 3.27. The molecule has 5 nitrogen and oxygen atoms in total. The van der Waals surface area contributed by atoms with Gasteiger partial charge in [0.2, 0.25) is 0 Å². The lowest BCUT2D eigenvalue weighted by Crippen LogP contribution is -2.12. The van der Waals surface area contributed by atoms with Crippen molar-refractivity contribution in [3.05, 3.63) is 47.8 Å². The van der Waals surface area contributed by atoms with E-state index in [0.29, 0.717) is 16.8 Å². The van der Waals surface area contributed by atoms with Gasteiger partial charge in [0.1, 0.15) is 0 Å². The number of amides is 1. The smallest absolute Gasteiger partial charge is 0.252 e. The molecule has 5 heteroatoms. The van der Waals surface area contributed by atoms with Gasteiger partial charge in [-0.1, -0.05) is 12.1 Å². The third-order valence-electron chi connectivity index (χ3n) is 3.49. The van der Waals surface area contributed by atoms with Crippen molar-refractivity contribution in [3.63, 3.8) is 0 Å². The van der Waals surface area contributed by atoms with E-state index in [4.69, 9.17) is 11.5 Å². The number of aromatic amines is 1. The highest BCUT2D eigenvalue weighted by Crippen LogP contribution is 2.31. The second-order valence-corrected chi connectivity index (χ2v) is 4.67. The fraction of sp³-hybridized carbons (Fsp3) is 0.0667. The van der Waals surface area contributed by atoms with Crippen LogP contribution in [-0.4, -0.2) is 15.9 Å². The molecule has 0 saturated carbocycles. The van der Waals surface area contributed by atoms with Crippen molar-refractivity contribution in [2.24, 2.45) is 5.73 Å². The van der Waals surface area contributed by atoms with Gasteiger partial charge in [0, 0.05) is 29.0 Å². The minimum Gasteiger partial charge on any atom is -0.398 e. The molecule has 0 radical (unpaired) electrons. The maximum Gasteiger partial charge on any atom is 0.252 e. The fourth-order valence-corrected chi connectivity index (χ4v) is 2.36. The van der Waals surface area contributed by atoms with E-state index < -0.39 is 5.91 Å². The number of nitrogens with one attached hydrogen (secondary N) is 1. The third kappa shape index (κ3) is 1.72. The van der Waals surface area contributed by atoms with Crippen LogP contribution in [0.1, 0.15) is 15.9 Å². The number of rotatable bonds is 2. The van der Waals surface area contributed by atoms with Crippen LogP contribution in [0.15, 0.2) is 36.7 Å². The zero-order valence-electron chi connectivity index (χ0n) is 11.0. The second-order valence-electron chi connectivity index (χ2n) is 4.67. The standard InChI is InChI=1S/C15H14N4O/c1-8-9(3-2-4-12(8)16)13-10-5-6-18-14(10)11(7-19-13)15(17)20/h2-7,18H,16H2,1H3,(H2,17,20). The molecule has 0 unspecified atom stereocenters. The van der Waals surface area contributed by atoms with Gasteiger partial charge >= 0.3 is 0 Å². The number of hydrogen-bond acceptors (Lipinski definition) is 3. The molecule has 3 rings (SSSR count). The summed E-state index contributed by atoms with van der Waals surface area (Å²) in [5.74, 6) is -0.499. The Balaban J connectivity index is 2.33. The van der Waals surface area contributed by atoms with Crippen molar-refractivity contribution in [1.82, 2.24) is 9.97 Å². The van der Waals surface area contributed by atoms with Gasteiger partial charge in [-0.3, -0.25) is 9.78 Å². The highest BCUT2D eigenvalue weighted by Gasteiger charge is 2.15. The average molecular weight is 266 g/mol. The molecule has 5 N–H and O–H groups in total. The van der Waals surface area contributed by atoms with E-state index in [2.05, 4.69) is 9.97 Å². The minimum atomic E-state index is -0.499. The van der Waals surface area contributed by atoms with Gasteiger partial charge in [0.05, 0.1) is 16.8 Å². The number of primary amides is 1. The monoisotopic (exact) mass is 266 g/mol. The Hall–Kier alpha value is -2.82. The number of H-pyrrole nitrogens is 1. The molecule has 1 aromatic carbocycles. The van der Waals surface area contributed by atoms with E-state index in [1.807, 2.05) is 31.2 Å². The first-order valence-electron chi connectivity index (χ1n) is 6.21. The number of pyridine rings is 1. The molecule has 0 spiro atoms. The maximum absolute atomic E-state index is 11.4. The maximum atomic E-state index is 11.4. The van der Waals surface area contributed by atoms with E-state index in [0.717, 1.165) is 22.2 Å². The van der Waals surface area contributed by atoms with E-state index in [9.17, 15) is 4.79 Å². The topological polar surface area (TPSA) is 97.8 Å². The second kappa shape index (κ2) is 4.38. The minimum absolute atomic E-state index is 0.385. The molecule has 100 valence electrons. The quantitative estimate of drug-likeness (QED) is 0.620. The van der Waals surface area contributed by atoms with Crippen LogP contribution in [0.25, 0.3) is 22.2 Å². The van der Waals surface area contributed by atoms with E-state index in [1.165, 1.54) is 6.20 Å². The summed E-state index contributed by atoms with van der Waals surface area (Å²) >= 11 is 0. The Bertz CT molecular complexity index is 820. The van der Waals surface area contributed by atoms with Crippen molar-refractivity contribution in [2.45, 2.75) is 6.92 Å². The van der Waals surface area contributed by atoms with Crippen LogP contribution < -0.4 is 11.5 Å². The van der Waals surface area contributed by atoms with Crippen molar-refractivity contribution in [2.75, 3.05) is 5.73 Å². The third-order valence-corrected chi connectivity index (χ3v) is 3.49. The zero-order chi connectivity index (χ0) is 14.3. The molecule has 0 saturated heterocycles. The first-order chi connectivity index (χ1) is 9.59. The number of aromatic nitrogens is 2. The van der Waals surface area contributed by atoms with Gasteiger partial charge < -0.3 is 16.5 Å². The lowest BCUT2D eigenvalue weighted by atomic mass is 10.0. The molecule has 0 bridgehead atoms. The molecule has 1 amide bonds. The van der Waals surface area contributed by atoms with E-state index >= 15 is 0 Å². The van der Waals surface area contributed by atoms with E-state index in [1.54, 1.807) is 6.20 Å². The first-order valence-corrected chi connectivity index (χ1v) is 6.21. The average Bonchev–Trinajstić information content (AvgIpc) is 2.90. The summed E-state index contributed by atoms with van der Waals surface area (Å²) in [7, 11) is 0. The van der Waals surface area contributed by atoms with Gasteiger partial charge in [0.25, 0.3) is 5.91 Å². The van der Waals surface area contributed by atoms with Crippen LogP contribution in [0, 0.1) is 6.92 Å². The van der Waals surface area contributed by atoms with Crippen molar-refractivity contribution in [3.8, 4) is 11.3 Å². The summed E-state index contributed by atoms with van der Waals surface area (Å²) in [5, 5.41) is 0.856. The van der Waals surface area contributed by atoms with Crippen LogP contribution in [0.5, 0.6) is 0 Å². The molecule has 0 aliphatic carbocycles. The highest BCUT2D eigenvalue weighted by molar-refractivity contribution is 6.08. The summed E-state index contributed by atoms with van der Waals surface area (Å²) < 4.78 is 0. The number of anilines is 1. The zero-order valence-corrected chi connectivity index (χ0v) is 11.0. The first kappa shape index (κ1) is 12.2. The number of nitrogen functional groups attached to an aromatic ring is 1. The Labute approximate surface area is 115 Å². The van der Waals surface area contributed by atoms with Crippen molar-refractivity contribution >= 4 is 22.5 Å². The number of carbonyl (C=O) groups excluding carboxylic acids is 1. The molecule has 2 heterocycles. The number of fused-ring (bicyclic) bond motifs is 1. The van der Waals surface area contributed by atoms with Crippen molar-refractivity contribution in [1.29, 1.82) is 0 Å². The molecule has 0 aliphatic rings. The summed E-state index contributed by atoms with van der Waals surface area (Å²) in [5.41, 5.74) is 15.8. The van der Waals surface area contributed by atoms with Crippen LogP contribution in [0.4, 0.5) is 5.69 Å². The predicted molar refractivity (Wildman–Crippen MR) is 79.2 cm³/mol. The normalized spacial score (nSPS) is 10.8. The Kier molecular flexibility index (Phi) is 2.68. The van der Waals surface area contributed by atoms with Crippen molar-refractivity contribution < 1.29 is 4.79 Å². The van der Waals surface area contributed by atoms with Crippen LogP contribution in [0.3, 0.4) is 0 Å². The Morgan fingerprint density at radius 2 is 2.10 bits per heavy atom. The molecule has 0 atom stereocenters. The molecule has 0 aliphatic heterocycles. The number of nitrogens with two attached hydrogens (primary N) is 2. The Morgan fingerprint density at radius 1 is 1.30 bits per heavy atom. The predicted octanol–water partition coefficient (Wildman–Crippen LogP) is 2.22. The summed E-state index contributed by atoms with van der Waals surface area (Å²) in [4.78, 5) is 18.9. The summed E-state index contributed by atoms with van der Waals surface area (Å²) in [6, 6.07) is 7.59. The van der Waals surface area contributed by atoms with Gasteiger partial charge in [0.15, 0.2) is 0 Å². The SMILES string of the molecule is Cc1c(N)cccc1-c1ncc(C(N)=O)c2[nH]ccc12. The largest absolute Gasteiger partial charge is 0.398 e. The Morgan fingerprint density at radius 3 is 2.85 bits per heavy atom. The van der Waals surface area contributed by atoms with Gasteiger partial charge in [-0.25, -0.2) is 0 Å². The highest BCUT2D eigenvalue weighted by atomic mass is 16.1. The molecule has 20 heavy (non-hydrogen) atoms. The van der Waals surface area contributed by atoms with Gasteiger partial charge in [-0.15, -0.1) is 0 Å². The van der Waals surface area contributed by atoms with Crippen LogP contribution in [-0.2, 0) is 0 Å². The lowest BCUT2D eigenvalue weighted by Gasteiger charge is -2.10.